The Morgan fingerprint density at radius 1 is 0.808 bits per heavy atom. The summed E-state index contributed by atoms with van der Waals surface area (Å²) in [6, 6.07) is 30.0. The highest BCUT2D eigenvalue weighted by atomic mass is 16.5. The standard InChI is InChI=1S/C24H25NO/c1-3-11-21(12-4-1)24(16-9-17-25-22-13-5-2-6-14-22)19-26-18-20-10-7-8-15-23(20)24/h1-8,10-15,25H,9,16-19H2. The maximum absolute atomic E-state index is 6.06. The van der Waals surface area contributed by atoms with Crippen molar-refractivity contribution in [2.24, 2.45) is 0 Å². The Morgan fingerprint density at radius 3 is 2.31 bits per heavy atom. The molecule has 2 nitrogen and oxygen atoms in total. The van der Waals surface area contributed by atoms with E-state index in [0.29, 0.717) is 6.61 Å². The van der Waals surface area contributed by atoms with Gasteiger partial charge < -0.3 is 10.1 Å². The lowest BCUT2D eigenvalue weighted by Crippen LogP contribution is -2.38. The predicted molar refractivity (Wildman–Crippen MR) is 107 cm³/mol. The average molecular weight is 343 g/mol. The summed E-state index contributed by atoms with van der Waals surface area (Å²) in [6.45, 7) is 2.42. The quantitative estimate of drug-likeness (QED) is 0.606. The summed E-state index contributed by atoms with van der Waals surface area (Å²) in [6.07, 6.45) is 2.15. The lowest BCUT2D eigenvalue weighted by atomic mass is 9.69. The number of fused-ring (bicyclic) bond motifs is 1. The molecule has 0 fully saturated rings. The molecule has 0 aromatic heterocycles. The highest BCUT2D eigenvalue weighted by molar-refractivity contribution is 5.45. The molecule has 1 atom stereocenters. The van der Waals surface area contributed by atoms with Gasteiger partial charge in [0.25, 0.3) is 0 Å². The molecule has 0 aliphatic carbocycles. The summed E-state index contributed by atoms with van der Waals surface area (Å²) in [5.74, 6) is 0. The van der Waals surface area contributed by atoms with Crippen molar-refractivity contribution in [1.29, 1.82) is 0 Å². The van der Waals surface area contributed by atoms with E-state index in [2.05, 4.69) is 84.2 Å². The zero-order chi connectivity index (χ0) is 17.7. The molecular weight excluding hydrogens is 318 g/mol. The summed E-state index contributed by atoms with van der Waals surface area (Å²) >= 11 is 0. The average Bonchev–Trinajstić information content (AvgIpc) is 2.73. The first-order valence-electron chi connectivity index (χ1n) is 9.39. The number of rotatable bonds is 6. The molecule has 0 amide bonds. The second-order valence-electron chi connectivity index (χ2n) is 6.99. The fourth-order valence-corrected chi connectivity index (χ4v) is 4.05. The molecule has 3 aromatic rings. The summed E-state index contributed by atoms with van der Waals surface area (Å²) in [5, 5.41) is 3.54. The Morgan fingerprint density at radius 2 is 1.50 bits per heavy atom. The van der Waals surface area contributed by atoms with Crippen molar-refractivity contribution >= 4 is 5.69 Å². The minimum atomic E-state index is -0.0610. The zero-order valence-electron chi connectivity index (χ0n) is 15.0. The second kappa shape index (κ2) is 7.76. The summed E-state index contributed by atoms with van der Waals surface area (Å²) < 4.78 is 6.06. The molecule has 1 unspecified atom stereocenters. The molecule has 0 radical (unpaired) electrons. The van der Waals surface area contributed by atoms with Gasteiger partial charge >= 0.3 is 0 Å². The number of ether oxygens (including phenoxy) is 1. The van der Waals surface area contributed by atoms with Crippen molar-refractivity contribution in [2.75, 3.05) is 18.5 Å². The van der Waals surface area contributed by atoms with Gasteiger partial charge in [-0.05, 0) is 41.7 Å². The van der Waals surface area contributed by atoms with Crippen molar-refractivity contribution in [2.45, 2.75) is 24.9 Å². The third kappa shape index (κ3) is 3.38. The van der Waals surface area contributed by atoms with Gasteiger partial charge in [0.2, 0.25) is 0 Å². The van der Waals surface area contributed by atoms with E-state index in [1.165, 1.54) is 22.4 Å². The zero-order valence-corrected chi connectivity index (χ0v) is 15.0. The van der Waals surface area contributed by atoms with Crippen LogP contribution in [-0.4, -0.2) is 13.2 Å². The van der Waals surface area contributed by atoms with Gasteiger partial charge in [0, 0.05) is 17.6 Å². The van der Waals surface area contributed by atoms with Gasteiger partial charge in [-0.25, -0.2) is 0 Å². The molecule has 1 aliphatic rings. The lowest BCUT2D eigenvalue weighted by molar-refractivity contribution is 0.0616. The highest BCUT2D eigenvalue weighted by Gasteiger charge is 2.38. The maximum Gasteiger partial charge on any atom is 0.0720 e. The third-order valence-corrected chi connectivity index (χ3v) is 5.35. The van der Waals surface area contributed by atoms with Crippen molar-refractivity contribution in [1.82, 2.24) is 0 Å². The van der Waals surface area contributed by atoms with Crippen molar-refractivity contribution < 1.29 is 4.74 Å². The van der Waals surface area contributed by atoms with Crippen LogP contribution >= 0.6 is 0 Å². The minimum absolute atomic E-state index is 0.0610. The minimum Gasteiger partial charge on any atom is -0.385 e. The third-order valence-electron chi connectivity index (χ3n) is 5.35. The molecular formula is C24H25NO. The van der Waals surface area contributed by atoms with E-state index in [-0.39, 0.29) is 5.41 Å². The molecule has 0 saturated heterocycles. The SMILES string of the molecule is c1ccc(NCCCC2(c3ccccc3)COCc3ccccc32)cc1. The summed E-state index contributed by atoms with van der Waals surface area (Å²) in [5.41, 5.74) is 5.22. The number of anilines is 1. The van der Waals surface area contributed by atoms with E-state index in [4.69, 9.17) is 4.74 Å². The van der Waals surface area contributed by atoms with Gasteiger partial charge in [-0.1, -0.05) is 72.8 Å². The van der Waals surface area contributed by atoms with Crippen LogP contribution in [0.5, 0.6) is 0 Å². The van der Waals surface area contributed by atoms with Gasteiger partial charge in [0.1, 0.15) is 0 Å². The van der Waals surface area contributed by atoms with E-state index in [0.717, 1.165) is 26.0 Å². The van der Waals surface area contributed by atoms with Crippen LogP contribution in [0.15, 0.2) is 84.9 Å². The number of nitrogens with one attached hydrogen (secondary N) is 1. The van der Waals surface area contributed by atoms with E-state index in [1.807, 2.05) is 6.07 Å². The Kier molecular flexibility index (Phi) is 5.03. The summed E-state index contributed by atoms with van der Waals surface area (Å²) in [4.78, 5) is 0. The van der Waals surface area contributed by atoms with E-state index in [1.54, 1.807) is 0 Å². The predicted octanol–water partition coefficient (Wildman–Crippen LogP) is 5.40. The van der Waals surface area contributed by atoms with Crippen LogP contribution in [0.4, 0.5) is 5.69 Å². The van der Waals surface area contributed by atoms with Gasteiger partial charge in [-0.2, -0.15) is 0 Å². The van der Waals surface area contributed by atoms with E-state index in [9.17, 15) is 0 Å². The van der Waals surface area contributed by atoms with Crippen molar-refractivity contribution in [3.05, 3.63) is 102 Å². The molecule has 0 bridgehead atoms. The first-order valence-corrected chi connectivity index (χ1v) is 9.39. The second-order valence-corrected chi connectivity index (χ2v) is 6.99. The van der Waals surface area contributed by atoms with Crippen LogP contribution in [-0.2, 0) is 16.8 Å². The Hall–Kier alpha value is -2.58. The van der Waals surface area contributed by atoms with Crippen LogP contribution in [0.25, 0.3) is 0 Å². The van der Waals surface area contributed by atoms with Crippen molar-refractivity contribution in [3.63, 3.8) is 0 Å². The Balaban J connectivity index is 1.57. The van der Waals surface area contributed by atoms with Gasteiger partial charge in [-0.3, -0.25) is 0 Å². The molecule has 0 spiro atoms. The normalized spacial score (nSPS) is 18.9. The lowest BCUT2D eigenvalue weighted by Gasteiger charge is -2.40. The molecule has 132 valence electrons. The van der Waals surface area contributed by atoms with Gasteiger partial charge in [0.15, 0.2) is 0 Å². The summed E-state index contributed by atoms with van der Waals surface area (Å²) in [7, 11) is 0. The Bertz CT molecular complexity index is 831. The molecule has 1 heterocycles. The maximum atomic E-state index is 6.06. The number of hydrogen-bond donors (Lipinski definition) is 1. The smallest absolute Gasteiger partial charge is 0.0720 e. The fourth-order valence-electron chi connectivity index (χ4n) is 4.05. The van der Waals surface area contributed by atoms with E-state index < -0.39 is 0 Å². The molecule has 4 rings (SSSR count). The fraction of sp³-hybridized carbons (Fsp3) is 0.250. The molecule has 1 aliphatic heterocycles. The number of hydrogen-bond acceptors (Lipinski definition) is 2. The largest absolute Gasteiger partial charge is 0.385 e. The van der Waals surface area contributed by atoms with E-state index >= 15 is 0 Å². The Labute approximate surface area is 155 Å². The van der Waals surface area contributed by atoms with Crippen LogP contribution in [0, 0.1) is 0 Å². The molecule has 0 saturated carbocycles. The van der Waals surface area contributed by atoms with Crippen LogP contribution < -0.4 is 5.32 Å². The first kappa shape index (κ1) is 16.9. The van der Waals surface area contributed by atoms with Gasteiger partial charge in [0.05, 0.1) is 13.2 Å². The highest BCUT2D eigenvalue weighted by Crippen LogP contribution is 2.41. The molecule has 1 N–H and O–H groups in total. The topological polar surface area (TPSA) is 21.3 Å². The van der Waals surface area contributed by atoms with Crippen LogP contribution in [0.2, 0.25) is 0 Å². The first-order chi connectivity index (χ1) is 12.9. The molecule has 3 aromatic carbocycles. The number of para-hydroxylation sites is 1. The van der Waals surface area contributed by atoms with Crippen molar-refractivity contribution in [3.8, 4) is 0 Å². The molecule has 26 heavy (non-hydrogen) atoms. The van der Waals surface area contributed by atoms with Gasteiger partial charge in [-0.15, -0.1) is 0 Å². The molecule has 2 heteroatoms. The van der Waals surface area contributed by atoms with Crippen LogP contribution in [0.3, 0.4) is 0 Å². The monoisotopic (exact) mass is 343 g/mol. The van der Waals surface area contributed by atoms with Crippen LogP contribution in [0.1, 0.15) is 29.5 Å². The number of benzene rings is 3.